The van der Waals surface area contributed by atoms with Gasteiger partial charge in [0, 0.05) is 31.9 Å². The van der Waals surface area contributed by atoms with E-state index < -0.39 is 17.0 Å². The van der Waals surface area contributed by atoms with E-state index in [0.29, 0.717) is 19.8 Å². The Morgan fingerprint density at radius 2 is 1.22 bits per heavy atom. The Morgan fingerprint density at radius 1 is 0.741 bits per heavy atom. The van der Waals surface area contributed by atoms with Gasteiger partial charge in [0.05, 0.1) is 0 Å². The second kappa shape index (κ2) is 13.5. The summed E-state index contributed by atoms with van der Waals surface area (Å²) >= 11 is 0. The van der Waals surface area contributed by atoms with Gasteiger partial charge in [0.15, 0.2) is 0 Å². The third-order valence-electron chi connectivity index (χ3n) is 6.57. The minimum Gasteiger partial charge on any atom is -0.374 e. The Balaban J connectivity index is 2.87. The van der Waals surface area contributed by atoms with Crippen molar-refractivity contribution < 1.29 is 13.3 Å². The molecule has 0 bridgehead atoms. The zero-order chi connectivity index (χ0) is 20.2. The van der Waals surface area contributed by atoms with Crippen LogP contribution in [0.5, 0.6) is 0 Å². The average molecular weight is 418 g/mol. The van der Waals surface area contributed by atoms with Crippen LogP contribution in [0.3, 0.4) is 0 Å². The third kappa shape index (κ3) is 7.23. The van der Waals surface area contributed by atoms with E-state index in [1.165, 1.54) is 56.8 Å². The summed E-state index contributed by atoms with van der Waals surface area (Å²) < 4.78 is 21.3. The molecule has 0 saturated heterocycles. The van der Waals surface area contributed by atoms with E-state index in [1.54, 1.807) is 0 Å². The summed E-state index contributed by atoms with van der Waals surface area (Å²) in [4.78, 5) is 0. The zero-order valence-electron chi connectivity index (χ0n) is 19.1. The molecule has 1 saturated carbocycles. The van der Waals surface area contributed by atoms with Crippen molar-refractivity contribution in [2.45, 2.75) is 110 Å². The summed E-state index contributed by atoms with van der Waals surface area (Å²) in [5.41, 5.74) is 0. The van der Waals surface area contributed by atoms with Crippen LogP contribution in [-0.4, -0.2) is 54.0 Å². The Bertz CT molecular complexity index is 349. The van der Waals surface area contributed by atoms with E-state index >= 15 is 0 Å². The zero-order valence-corrected chi connectivity index (χ0v) is 21.1. The molecule has 1 aliphatic rings. The highest BCUT2D eigenvalue weighted by atomic mass is 28.4. The Labute approximate surface area is 171 Å². The minimum absolute atomic E-state index is 0.677. The molecule has 1 fully saturated rings. The molecule has 0 N–H and O–H groups in total. The van der Waals surface area contributed by atoms with Crippen molar-refractivity contribution in [3.05, 3.63) is 0 Å². The third-order valence-corrected chi connectivity index (χ3v) is 15.5. The van der Waals surface area contributed by atoms with Gasteiger partial charge in [-0.2, -0.15) is 0 Å². The molecular formula is C21H47NO3Si2. The van der Waals surface area contributed by atoms with Crippen LogP contribution in [0, 0.1) is 0 Å². The fraction of sp³-hybridized carbons (Fsp3) is 1.00. The van der Waals surface area contributed by atoms with Gasteiger partial charge < -0.3 is 17.8 Å². The van der Waals surface area contributed by atoms with Crippen LogP contribution in [0.1, 0.15) is 80.1 Å². The topological polar surface area (TPSA) is 30.9 Å². The van der Waals surface area contributed by atoms with Gasteiger partial charge in [-0.3, -0.25) is 0 Å². The van der Waals surface area contributed by atoms with Crippen LogP contribution in [0.2, 0.25) is 24.2 Å². The number of rotatable bonds is 15. The van der Waals surface area contributed by atoms with Gasteiger partial charge in [0.25, 0.3) is 0 Å². The van der Waals surface area contributed by atoms with E-state index in [1.807, 2.05) is 0 Å². The predicted octanol–water partition coefficient (Wildman–Crippen LogP) is 6.06. The van der Waals surface area contributed by atoms with Crippen molar-refractivity contribution in [2.75, 3.05) is 26.4 Å². The molecule has 0 aromatic carbocycles. The molecule has 0 heterocycles. The average Bonchev–Trinajstić information content (AvgIpc) is 2.69. The lowest BCUT2D eigenvalue weighted by molar-refractivity contribution is 0.0700. The van der Waals surface area contributed by atoms with E-state index in [9.17, 15) is 0 Å². The lowest BCUT2D eigenvalue weighted by Gasteiger charge is -2.47. The van der Waals surface area contributed by atoms with Crippen LogP contribution in [0.4, 0.5) is 0 Å². The molecule has 0 amide bonds. The Morgan fingerprint density at radius 3 is 1.63 bits per heavy atom. The first kappa shape index (κ1) is 25.3. The molecule has 1 aliphatic carbocycles. The van der Waals surface area contributed by atoms with E-state index in [4.69, 9.17) is 13.3 Å². The first-order valence-electron chi connectivity index (χ1n) is 11.7. The van der Waals surface area contributed by atoms with Crippen molar-refractivity contribution in [2.24, 2.45) is 0 Å². The molecule has 1 rings (SSSR count). The van der Waals surface area contributed by atoms with Gasteiger partial charge in [-0.1, -0.05) is 40.0 Å². The Hall–Kier alpha value is 0.274. The number of nitrogens with zero attached hydrogens (tertiary/aromatic N) is 1. The van der Waals surface area contributed by atoms with E-state index in [0.717, 1.165) is 18.5 Å². The van der Waals surface area contributed by atoms with Crippen molar-refractivity contribution in [1.29, 1.82) is 0 Å². The number of hydrogen-bond donors (Lipinski definition) is 0. The molecule has 0 unspecified atom stereocenters. The van der Waals surface area contributed by atoms with Crippen LogP contribution in [-0.2, 0) is 13.3 Å². The van der Waals surface area contributed by atoms with Crippen molar-refractivity contribution in [1.82, 2.24) is 4.57 Å². The maximum Gasteiger partial charge on any atom is 0.500 e. The first-order chi connectivity index (χ1) is 13.1. The summed E-state index contributed by atoms with van der Waals surface area (Å²) in [6, 6.07) is 5.89. The summed E-state index contributed by atoms with van der Waals surface area (Å²) in [7, 11) is -3.87. The standard InChI is InChI=1S/C21H47NO3Si2/c1-7-23-27(24-8-2,25-9-3)20-16-19-22(21-17-14-13-15-18-21)26(10-4,11-5)12-6/h21H,7-20H2,1-6H3. The monoisotopic (exact) mass is 417 g/mol. The molecule has 4 nitrogen and oxygen atoms in total. The predicted molar refractivity (Wildman–Crippen MR) is 121 cm³/mol. The molecule has 0 aromatic rings. The van der Waals surface area contributed by atoms with E-state index in [-0.39, 0.29) is 0 Å². The van der Waals surface area contributed by atoms with Crippen molar-refractivity contribution >= 4 is 17.0 Å². The highest BCUT2D eigenvalue weighted by molar-refractivity contribution is 6.77. The molecule has 0 radical (unpaired) electrons. The van der Waals surface area contributed by atoms with Gasteiger partial charge in [0.2, 0.25) is 0 Å². The summed E-state index contributed by atoms with van der Waals surface area (Å²) in [6.45, 7) is 16.7. The quantitative estimate of drug-likeness (QED) is 0.303. The maximum absolute atomic E-state index is 6.09. The molecule has 162 valence electrons. The highest BCUT2D eigenvalue weighted by Gasteiger charge is 2.42. The van der Waals surface area contributed by atoms with Gasteiger partial charge in [-0.15, -0.1) is 0 Å². The first-order valence-corrected chi connectivity index (χ1v) is 16.3. The minimum atomic E-state index is -2.51. The highest BCUT2D eigenvalue weighted by Crippen LogP contribution is 2.33. The van der Waals surface area contributed by atoms with Gasteiger partial charge in [-0.05, 0) is 64.7 Å². The molecular weight excluding hydrogens is 370 g/mol. The summed E-state index contributed by atoms with van der Waals surface area (Å²) in [5, 5.41) is 0. The second-order valence-corrected chi connectivity index (χ2v) is 15.7. The van der Waals surface area contributed by atoms with Gasteiger partial charge in [-0.25, -0.2) is 0 Å². The lowest BCUT2D eigenvalue weighted by Crippen LogP contribution is -2.58. The lowest BCUT2D eigenvalue weighted by atomic mass is 9.95. The fourth-order valence-corrected chi connectivity index (χ4v) is 12.0. The van der Waals surface area contributed by atoms with E-state index in [2.05, 4.69) is 46.1 Å². The molecule has 27 heavy (non-hydrogen) atoms. The molecule has 0 aromatic heterocycles. The Kier molecular flexibility index (Phi) is 12.6. The summed E-state index contributed by atoms with van der Waals surface area (Å²) in [5.74, 6) is 0. The number of hydrogen-bond acceptors (Lipinski definition) is 4. The van der Waals surface area contributed by atoms with Crippen LogP contribution in [0.15, 0.2) is 0 Å². The molecule has 6 heteroatoms. The van der Waals surface area contributed by atoms with Crippen LogP contribution in [0.25, 0.3) is 0 Å². The van der Waals surface area contributed by atoms with Crippen molar-refractivity contribution in [3.63, 3.8) is 0 Å². The molecule has 0 aliphatic heterocycles. The second-order valence-electron chi connectivity index (χ2n) is 7.86. The van der Waals surface area contributed by atoms with Gasteiger partial charge in [0.1, 0.15) is 8.24 Å². The molecule has 0 spiro atoms. The summed E-state index contributed by atoms with van der Waals surface area (Å²) in [6.07, 6.45) is 8.20. The van der Waals surface area contributed by atoms with Crippen molar-refractivity contribution in [3.8, 4) is 0 Å². The van der Waals surface area contributed by atoms with Crippen LogP contribution < -0.4 is 0 Å². The van der Waals surface area contributed by atoms with Crippen LogP contribution >= 0.6 is 0 Å². The molecule has 0 atom stereocenters. The SMILES string of the molecule is CCO[Si](CCCN(C1CCCCC1)[Si](CC)(CC)CC)(OCC)OCC. The maximum atomic E-state index is 6.09. The van der Waals surface area contributed by atoms with Gasteiger partial charge >= 0.3 is 8.80 Å². The normalized spacial score (nSPS) is 17.0. The fourth-order valence-electron chi connectivity index (χ4n) is 5.03. The smallest absolute Gasteiger partial charge is 0.374 e. The largest absolute Gasteiger partial charge is 0.500 e.